The summed E-state index contributed by atoms with van der Waals surface area (Å²) in [7, 11) is 0. The van der Waals surface area contributed by atoms with Gasteiger partial charge in [-0.05, 0) is 77.3 Å². The van der Waals surface area contributed by atoms with E-state index in [1.54, 1.807) is 0 Å². The molecule has 1 atom stereocenters. The molecule has 21 heavy (non-hydrogen) atoms. The van der Waals surface area contributed by atoms with Crippen molar-refractivity contribution in [2.45, 2.75) is 84.6 Å². The SMILES string of the molecule is CCC1CCCN(CC2(CNC(C)(C)C)CCCC2)CC1. The number of hydrogen-bond donors (Lipinski definition) is 1. The van der Waals surface area contributed by atoms with E-state index >= 15 is 0 Å². The average Bonchev–Trinajstić information content (AvgIpc) is 2.76. The molecule has 0 aromatic carbocycles. The van der Waals surface area contributed by atoms with Crippen LogP contribution in [0.2, 0.25) is 0 Å². The van der Waals surface area contributed by atoms with E-state index in [1.165, 1.54) is 77.5 Å². The summed E-state index contributed by atoms with van der Waals surface area (Å²) >= 11 is 0. The molecule has 1 aliphatic heterocycles. The quantitative estimate of drug-likeness (QED) is 0.806. The first-order chi connectivity index (χ1) is 9.92. The molecule has 2 heteroatoms. The van der Waals surface area contributed by atoms with Crippen LogP contribution in [0.1, 0.15) is 79.1 Å². The molecule has 1 unspecified atom stereocenters. The maximum atomic E-state index is 3.80. The summed E-state index contributed by atoms with van der Waals surface area (Å²) in [6.07, 6.45) is 11.4. The Morgan fingerprint density at radius 3 is 2.38 bits per heavy atom. The fraction of sp³-hybridized carbons (Fsp3) is 1.00. The van der Waals surface area contributed by atoms with Crippen LogP contribution in [-0.4, -0.2) is 36.6 Å². The first-order valence-electron chi connectivity index (χ1n) is 9.40. The van der Waals surface area contributed by atoms with Gasteiger partial charge in [0.05, 0.1) is 0 Å². The van der Waals surface area contributed by atoms with Crippen molar-refractivity contribution >= 4 is 0 Å². The molecule has 1 saturated heterocycles. The van der Waals surface area contributed by atoms with Crippen molar-refractivity contribution < 1.29 is 0 Å². The lowest BCUT2D eigenvalue weighted by Crippen LogP contribution is -2.48. The molecule has 2 nitrogen and oxygen atoms in total. The van der Waals surface area contributed by atoms with E-state index < -0.39 is 0 Å². The van der Waals surface area contributed by atoms with Crippen molar-refractivity contribution in [2.75, 3.05) is 26.2 Å². The van der Waals surface area contributed by atoms with Gasteiger partial charge in [0.25, 0.3) is 0 Å². The predicted octanol–water partition coefficient (Wildman–Crippen LogP) is 4.45. The van der Waals surface area contributed by atoms with Crippen LogP contribution in [0.5, 0.6) is 0 Å². The molecule has 0 aromatic heterocycles. The Morgan fingerprint density at radius 2 is 1.76 bits per heavy atom. The van der Waals surface area contributed by atoms with Gasteiger partial charge in [-0.3, -0.25) is 0 Å². The van der Waals surface area contributed by atoms with E-state index in [9.17, 15) is 0 Å². The van der Waals surface area contributed by atoms with Gasteiger partial charge in [-0.1, -0.05) is 26.2 Å². The van der Waals surface area contributed by atoms with Gasteiger partial charge in [0, 0.05) is 18.6 Å². The number of rotatable bonds is 5. The van der Waals surface area contributed by atoms with Crippen LogP contribution in [-0.2, 0) is 0 Å². The molecule has 1 saturated carbocycles. The zero-order chi connectivity index (χ0) is 15.3. The summed E-state index contributed by atoms with van der Waals surface area (Å²) in [4.78, 5) is 2.80. The van der Waals surface area contributed by atoms with Crippen LogP contribution < -0.4 is 5.32 Å². The third-order valence-corrected chi connectivity index (χ3v) is 5.73. The van der Waals surface area contributed by atoms with Crippen LogP contribution in [0.4, 0.5) is 0 Å². The number of nitrogens with one attached hydrogen (secondary N) is 1. The minimum absolute atomic E-state index is 0.252. The highest BCUT2D eigenvalue weighted by molar-refractivity contribution is 4.91. The van der Waals surface area contributed by atoms with E-state index in [0.29, 0.717) is 5.41 Å². The summed E-state index contributed by atoms with van der Waals surface area (Å²) in [5.74, 6) is 0.988. The molecule has 2 rings (SSSR count). The van der Waals surface area contributed by atoms with Gasteiger partial charge in [0.2, 0.25) is 0 Å². The van der Waals surface area contributed by atoms with Crippen molar-refractivity contribution in [1.82, 2.24) is 10.2 Å². The highest BCUT2D eigenvalue weighted by Crippen LogP contribution is 2.39. The summed E-state index contributed by atoms with van der Waals surface area (Å²) in [5, 5.41) is 3.80. The largest absolute Gasteiger partial charge is 0.311 e. The van der Waals surface area contributed by atoms with Gasteiger partial charge in [-0.25, -0.2) is 0 Å². The van der Waals surface area contributed by atoms with Gasteiger partial charge in [-0.15, -0.1) is 0 Å². The second kappa shape index (κ2) is 7.46. The second-order valence-corrected chi connectivity index (χ2v) is 8.79. The summed E-state index contributed by atoms with van der Waals surface area (Å²) in [6, 6.07) is 0. The Morgan fingerprint density at radius 1 is 1.05 bits per heavy atom. The second-order valence-electron chi connectivity index (χ2n) is 8.79. The molecule has 0 bridgehead atoms. The van der Waals surface area contributed by atoms with Gasteiger partial charge >= 0.3 is 0 Å². The Balaban J connectivity index is 1.90. The number of nitrogens with zero attached hydrogens (tertiary/aromatic N) is 1. The van der Waals surface area contributed by atoms with Crippen molar-refractivity contribution in [3.05, 3.63) is 0 Å². The monoisotopic (exact) mass is 294 g/mol. The standard InChI is InChI=1S/C19H38N2/c1-5-17-9-8-13-21(14-10-17)16-19(11-6-7-12-19)15-20-18(2,3)4/h17,20H,5-16H2,1-4H3. The zero-order valence-corrected chi connectivity index (χ0v) is 15.0. The third-order valence-electron chi connectivity index (χ3n) is 5.73. The summed E-state index contributed by atoms with van der Waals surface area (Å²) in [5.41, 5.74) is 0.807. The molecule has 0 aromatic rings. The maximum absolute atomic E-state index is 3.80. The average molecular weight is 295 g/mol. The Hall–Kier alpha value is -0.0800. The minimum atomic E-state index is 0.252. The molecule has 0 spiro atoms. The molecule has 1 heterocycles. The third kappa shape index (κ3) is 5.56. The molecule has 0 amide bonds. The van der Waals surface area contributed by atoms with E-state index in [0.717, 1.165) is 5.92 Å². The molecule has 1 N–H and O–H groups in total. The molecule has 124 valence electrons. The molecule has 2 fully saturated rings. The first kappa shape index (κ1) is 17.3. The maximum Gasteiger partial charge on any atom is 0.00967 e. The summed E-state index contributed by atoms with van der Waals surface area (Å²) < 4.78 is 0. The highest BCUT2D eigenvalue weighted by atomic mass is 15.1. The normalized spacial score (nSPS) is 27.7. The lowest BCUT2D eigenvalue weighted by molar-refractivity contribution is 0.142. The molecular formula is C19H38N2. The highest BCUT2D eigenvalue weighted by Gasteiger charge is 2.36. The Bertz CT molecular complexity index is 299. The lowest BCUT2D eigenvalue weighted by Gasteiger charge is -2.37. The van der Waals surface area contributed by atoms with Crippen LogP contribution in [0.3, 0.4) is 0 Å². The van der Waals surface area contributed by atoms with Crippen molar-refractivity contribution in [1.29, 1.82) is 0 Å². The predicted molar refractivity (Wildman–Crippen MR) is 92.7 cm³/mol. The van der Waals surface area contributed by atoms with Crippen molar-refractivity contribution in [3.63, 3.8) is 0 Å². The van der Waals surface area contributed by atoms with Crippen LogP contribution >= 0.6 is 0 Å². The van der Waals surface area contributed by atoms with Crippen LogP contribution in [0.25, 0.3) is 0 Å². The molecule has 1 aliphatic carbocycles. The number of hydrogen-bond acceptors (Lipinski definition) is 2. The molecular weight excluding hydrogens is 256 g/mol. The fourth-order valence-electron chi connectivity index (χ4n) is 4.23. The zero-order valence-electron chi connectivity index (χ0n) is 15.0. The van der Waals surface area contributed by atoms with Crippen molar-refractivity contribution in [3.8, 4) is 0 Å². The Kier molecular flexibility index (Phi) is 6.14. The van der Waals surface area contributed by atoms with Gasteiger partial charge in [-0.2, -0.15) is 0 Å². The minimum Gasteiger partial charge on any atom is -0.311 e. The smallest absolute Gasteiger partial charge is 0.00967 e. The van der Waals surface area contributed by atoms with Crippen LogP contribution in [0.15, 0.2) is 0 Å². The van der Waals surface area contributed by atoms with Crippen LogP contribution in [0, 0.1) is 11.3 Å². The van der Waals surface area contributed by atoms with E-state index in [4.69, 9.17) is 0 Å². The molecule has 2 aliphatic rings. The fourth-order valence-corrected chi connectivity index (χ4v) is 4.23. The first-order valence-corrected chi connectivity index (χ1v) is 9.40. The number of likely N-dealkylation sites (tertiary alicyclic amines) is 1. The van der Waals surface area contributed by atoms with Gasteiger partial charge < -0.3 is 10.2 Å². The van der Waals surface area contributed by atoms with E-state index in [-0.39, 0.29) is 5.54 Å². The van der Waals surface area contributed by atoms with Gasteiger partial charge in [0.15, 0.2) is 0 Å². The Labute approximate surface area is 133 Å². The topological polar surface area (TPSA) is 15.3 Å². The van der Waals surface area contributed by atoms with Gasteiger partial charge in [0.1, 0.15) is 0 Å². The van der Waals surface area contributed by atoms with E-state index in [2.05, 4.69) is 37.9 Å². The van der Waals surface area contributed by atoms with Crippen molar-refractivity contribution in [2.24, 2.45) is 11.3 Å². The van der Waals surface area contributed by atoms with E-state index in [1.807, 2.05) is 0 Å². The summed E-state index contributed by atoms with van der Waals surface area (Å²) in [6.45, 7) is 14.5. The lowest BCUT2D eigenvalue weighted by atomic mass is 9.84. The molecule has 0 radical (unpaired) electrons.